The Balaban J connectivity index is 2.24. The Morgan fingerprint density at radius 2 is 2.32 bits per heavy atom. The molecule has 106 valence electrons. The van der Waals surface area contributed by atoms with Crippen LogP contribution in [-0.2, 0) is 4.79 Å². The summed E-state index contributed by atoms with van der Waals surface area (Å²) in [6.07, 6.45) is -0.434. The SMILES string of the molecule is CC(CC(N)=O)NCC(O)COc1cccc(Cl)c1. The molecule has 19 heavy (non-hydrogen) atoms. The van der Waals surface area contributed by atoms with E-state index in [-0.39, 0.29) is 25.0 Å². The lowest BCUT2D eigenvalue weighted by atomic mass is 10.2. The van der Waals surface area contributed by atoms with Crippen molar-refractivity contribution in [2.75, 3.05) is 13.2 Å². The number of amides is 1. The number of hydrogen-bond donors (Lipinski definition) is 3. The second-order valence-corrected chi connectivity index (χ2v) is 4.84. The van der Waals surface area contributed by atoms with Gasteiger partial charge in [0.2, 0.25) is 5.91 Å². The molecule has 1 aromatic carbocycles. The van der Waals surface area contributed by atoms with E-state index in [9.17, 15) is 9.90 Å². The lowest BCUT2D eigenvalue weighted by molar-refractivity contribution is -0.118. The summed E-state index contributed by atoms with van der Waals surface area (Å²) in [6.45, 7) is 2.31. The topological polar surface area (TPSA) is 84.6 Å². The highest BCUT2D eigenvalue weighted by Gasteiger charge is 2.09. The van der Waals surface area contributed by atoms with Gasteiger partial charge < -0.3 is 20.9 Å². The van der Waals surface area contributed by atoms with Gasteiger partial charge >= 0.3 is 0 Å². The molecule has 0 aliphatic carbocycles. The molecule has 6 heteroatoms. The number of rotatable bonds is 8. The number of ether oxygens (including phenoxy) is 1. The Labute approximate surface area is 117 Å². The molecule has 2 unspecified atom stereocenters. The van der Waals surface area contributed by atoms with Crippen molar-refractivity contribution in [1.29, 1.82) is 0 Å². The van der Waals surface area contributed by atoms with Crippen LogP contribution in [0.25, 0.3) is 0 Å². The first-order valence-electron chi connectivity index (χ1n) is 6.05. The summed E-state index contributed by atoms with van der Waals surface area (Å²) in [5.74, 6) is 0.237. The average Bonchev–Trinajstić information content (AvgIpc) is 2.33. The molecule has 0 saturated heterocycles. The third-order valence-corrected chi connectivity index (χ3v) is 2.68. The maximum atomic E-state index is 10.7. The van der Waals surface area contributed by atoms with Crippen LogP contribution in [0.3, 0.4) is 0 Å². The number of nitrogens with two attached hydrogens (primary N) is 1. The number of halogens is 1. The summed E-state index contributed by atoms with van der Waals surface area (Å²) >= 11 is 5.81. The lowest BCUT2D eigenvalue weighted by Gasteiger charge is -2.16. The predicted octanol–water partition coefficient (Wildman–Crippen LogP) is 0.933. The number of aliphatic hydroxyl groups is 1. The van der Waals surface area contributed by atoms with Gasteiger partial charge in [-0.3, -0.25) is 4.79 Å². The minimum absolute atomic E-state index is 0.0710. The zero-order valence-corrected chi connectivity index (χ0v) is 11.6. The van der Waals surface area contributed by atoms with Crippen LogP contribution in [0.4, 0.5) is 0 Å². The monoisotopic (exact) mass is 286 g/mol. The van der Waals surface area contributed by atoms with E-state index in [1.165, 1.54) is 0 Å². The Morgan fingerprint density at radius 1 is 1.58 bits per heavy atom. The van der Waals surface area contributed by atoms with Gasteiger partial charge in [-0.15, -0.1) is 0 Å². The number of nitrogens with one attached hydrogen (secondary N) is 1. The third-order valence-electron chi connectivity index (χ3n) is 2.45. The average molecular weight is 287 g/mol. The van der Waals surface area contributed by atoms with E-state index < -0.39 is 6.10 Å². The van der Waals surface area contributed by atoms with Crippen molar-refractivity contribution < 1.29 is 14.6 Å². The van der Waals surface area contributed by atoms with Crippen molar-refractivity contribution in [3.63, 3.8) is 0 Å². The zero-order chi connectivity index (χ0) is 14.3. The fraction of sp³-hybridized carbons (Fsp3) is 0.462. The molecule has 1 amide bonds. The van der Waals surface area contributed by atoms with Gasteiger partial charge in [0.05, 0.1) is 0 Å². The van der Waals surface area contributed by atoms with Gasteiger partial charge in [-0.1, -0.05) is 17.7 Å². The Bertz CT molecular complexity index is 415. The zero-order valence-electron chi connectivity index (χ0n) is 10.8. The molecule has 1 aromatic rings. The van der Waals surface area contributed by atoms with Crippen LogP contribution < -0.4 is 15.8 Å². The molecule has 0 aromatic heterocycles. The number of benzene rings is 1. The van der Waals surface area contributed by atoms with Crippen molar-refractivity contribution in [2.24, 2.45) is 5.73 Å². The summed E-state index contributed by atoms with van der Waals surface area (Å²) in [5.41, 5.74) is 5.07. The molecule has 1 rings (SSSR count). The van der Waals surface area contributed by atoms with Crippen LogP contribution in [0.2, 0.25) is 5.02 Å². The Morgan fingerprint density at radius 3 is 2.95 bits per heavy atom. The highest BCUT2D eigenvalue weighted by atomic mass is 35.5. The maximum absolute atomic E-state index is 10.7. The van der Waals surface area contributed by atoms with Crippen molar-refractivity contribution in [2.45, 2.75) is 25.5 Å². The first-order valence-corrected chi connectivity index (χ1v) is 6.43. The largest absolute Gasteiger partial charge is 0.491 e. The molecule has 0 aliphatic heterocycles. The van der Waals surface area contributed by atoms with Crippen molar-refractivity contribution >= 4 is 17.5 Å². The Kier molecular flexibility index (Phi) is 6.62. The molecular formula is C13H19ClN2O3. The van der Waals surface area contributed by atoms with Gasteiger partial charge in [0.1, 0.15) is 18.5 Å². The second-order valence-electron chi connectivity index (χ2n) is 4.40. The molecule has 2 atom stereocenters. The van der Waals surface area contributed by atoms with E-state index in [1.54, 1.807) is 24.3 Å². The van der Waals surface area contributed by atoms with Crippen LogP contribution in [0.1, 0.15) is 13.3 Å². The van der Waals surface area contributed by atoms with Crippen molar-refractivity contribution in [3.8, 4) is 5.75 Å². The van der Waals surface area contributed by atoms with E-state index >= 15 is 0 Å². The fourth-order valence-corrected chi connectivity index (χ4v) is 1.70. The summed E-state index contributed by atoms with van der Waals surface area (Å²) in [5, 5.41) is 13.3. The molecule has 0 fully saturated rings. The molecule has 0 aliphatic rings. The number of aliphatic hydroxyl groups excluding tert-OH is 1. The van der Waals surface area contributed by atoms with Gasteiger partial charge in [-0.25, -0.2) is 0 Å². The number of hydrogen-bond acceptors (Lipinski definition) is 4. The smallest absolute Gasteiger partial charge is 0.218 e. The first-order chi connectivity index (χ1) is 8.97. The maximum Gasteiger partial charge on any atom is 0.218 e. The first kappa shape index (κ1) is 15.8. The Hall–Kier alpha value is -1.30. The van der Waals surface area contributed by atoms with Crippen LogP contribution in [0.15, 0.2) is 24.3 Å². The summed E-state index contributed by atoms with van der Waals surface area (Å²) in [7, 11) is 0. The van der Waals surface area contributed by atoms with Gasteiger partial charge in [-0.05, 0) is 25.1 Å². The molecule has 0 spiro atoms. The lowest BCUT2D eigenvalue weighted by Crippen LogP contribution is -2.38. The van der Waals surface area contributed by atoms with Crippen molar-refractivity contribution in [1.82, 2.24) is 5.32 Å². The molecule has 0 heterocycles. The van der Waals surface area contributed by atoms with E-state index in [0.717, 1.165) is 0 Å². The highest BCUT2D eigenvalue weighted by molar-refractivity contribution is 6.30. The predicted molar refractivity (Wildman–Crippen MR) is 74.2 cm³/mol. The molecule has 0 saturated carbocycles. The highest BCUT2D eigenvalue weighted by Crippen LogP contribution is 2.17. The van der Waals surface area contributed by atoms with E-state index in [0.29, 0.717) is 17.3 Å². The van der Waals surface area contributed by atoms with E-state index in [1.807, 2.05) is 6.92 Å². The molecule has 5 nitrogen and oxygen atoms in total. The quantitative estimate of drug-likeness (QED) is 0.664. The van der Waals surface area contributed by atoms with Gasteiger partial charge in [0.15, 0.2) is 0 Å². The van der Waals surface area contributed by atoms with Gasteiger partial charge in [0.25, 0.3) is 0 Å². The number of carbonyl (C=O) groups excluding carboxylic acids is 1. The summed E-state index contributed by atoms with van der Waals surface area (Å²) in [6, 6.07) is 6.90. The van der Waals surface area contributed by atoms with Crippen LogP contribution in [0, 0.1) is 0 Å². The second kappa shape index (κ2) is 7.99. The molecule has 0 bridgehead atoms. The van der Waals surface area contributed by atoms with Crippen molar-refractivity contribution in [3.05, 3.63) is 29.3 Å². The normalized spacial score (nSPS) is 13.8. The van der Waals surface area contributed by atoms with Crippen LogP contribution in [-0.4, -0.2) is 36.3 Å². The van der Waals surface area contributed by atoms with Gasteiger partial charge in [-0.2, -0.15) is 0 Å². The van der Waals surface area contributed by atoms with Crippen LogP contribution in [0.5, 0.6) is 5.75 Å². The fourth-order valence-electron chi connectivity index (χ4n) is 1.52. The standard InChI is InChI=1S/C13H19ClN2O3/c1-9(5-13(15)18)16-7-11(17)8-19-12-4-2-3-10(14)6-12/h2-4,6,9,11,16-17H,5,7-8H2,1H3,(H2,15,18). The number of primary amides is 1. The summed E-state index contributed by atoms with van der Waals surface area (Å²) < 4.78 is 5.40. The number of carbonyl (C=O) groups is 1. The molecule has 4 N–H and O–H groups in total. The minimum Gasteiger partial charge on any atom is -0.491 e. The molecular weight excluding hydrogens is 268 g/mol. The summed E-state index contributed by atoms with van der Waals surface area (Å²) in [4.78, 5) is 10.7. The van der Waals surface area contributed by atoms with E-state index in [4.69, 9.17) is 22.1 Å². The van der Waals surface area contributed by atoms with Crippen LogP contribution >= 0.6 is 11.6 Å². The van der Waals surface area contributed by atoms with E-state index in [2.05, 4.69) is 5.32 Å². The molecule has 0 radical (unpaired) electrons. The third kappa shape index (κ3) is 7.00. The van der Waals surface area contributed by atoms with Gasteiger partial charge in [0, 0.05) is 24.0 Å². The minimum atomic E-state index is -0.672.